The third-order valence-electron chi connectivity index (χ3n) is 8.35. The number of rotatable bonds is 8. The molecule has 0 radical (unpaired) electrons. The molecule has 0 bridgehead atoms. The summed E-state index contributed by atoms with van der Waals surface area (Å²) in [4.78, 5) is 4.94. The fourth-order valence-electron chi connectivity index (χ4n) is 6.29. The minimum Gasteiger partial charge on any atom is -0.312 e. The Labute approximate surface area is 223 Å². The normalized spacial score (nSPS) is 20.1. The molecule has 2 saturated heterocycles. The third-order valence-corrected chi connectivity index (χ3v) is 8.35. The molecular formula is C30H49F2N5. The molecule has 3 heterocycles. The quantitative estimate of drug-likeness (QED) is 0.385. The van der Waals surface area contributed by atoms with Gasteiger partial charge in [-0.05, 0) is 88.7 Å². The molecule has 0 N–H and O–H groups in total. The summed E-state index contributed by atoms with van der Waals surface area (Å²) in [6.45, 7) is 17.0. The van der Waals surface area contributed by atoms with Crippen LogP contribution in [0.2, 0.25) is 0 Å². The molecule has 1 aromatic carbocycles. The molecule has 0 spiro atoms. The van der Waals surface area contributed by atoms with E-state index in [0.717, 1.165) is 88.0 Å². The summed E-state index contributed by atoms with van der Waals surface area (Å²) >= 11 is 0. The molecule has 0 saturated carbocycles. The van der Waals surface area contributed by atoms with Crippen LogP contribution in [0.3, 0.4) is 0 Å². The lowest BCUT2D eigenvalue weighted by molar-refractivity contribution is 0.116. The van der Waals surface area contributed by atoms with Gasteiger partial charge in [0.1, 0.15) is 23.3 Å². The zero-order chi connectivity index (χ0) is 27.1. The summed E-state index contributed by atoms with van der Waals surface area (Å²) in [5.41, 5.74) is 0.831. The number of likely N-dealkylation sites (tertiary alicyclic amines) is 2. The van der Waals surface area contributed by atoms with Gasteiger partial charge in [-0.2, -0.15) is 0 Å². The van der Waals surface area contributed by atoms with Crippen LogP contribution in [0.4, 0.5) is 8.78 Å². The lowest BCUT2D eigenvalue weighted by Crippen LogP contribution is -2.42. The van der Waals surface area contributed by atoms with Gasteiger partial charge in [0, 0.05) is 43.6 Å². The Hall–Kier alpha value is -1.86. The Morgan fingerprint density at radius 3 is 2.03 bits per heavy atom. The van der Waals surface area contributed by atoms with Gasteiger partial charge in [-0.15, -0.1) is 10.2 Å². The second-order valence-corrected chi connectivity index (χ2v) is 11.2. The predicted molar refractivity (Wildman–Crippen MR) is 148 cm³/mol. The molecule has 2 aliphatic rings. The fraction of sp³-hybridized carbons (Fsp3) is 0.733. The number of aromatic nitrogens is 3. The van der Waals surface area contributed by atoms with Crippen LogP contribution in [0, 0.1) is 17.6 Å². The Balaban J connectivity index is 0.00000186. The fourth-order valence-corrected chi connectivity index (χ4v) is 6.29. The van der Waals surface area contributed by atoms with E-state index < -0.39 is 11.6 Å². The standard InChI is InChI=1S/C28H43F2N5.C2H6/c1-6-27-31-32-28(19(2)3)35(27)25-9-13-34(14-10-25)20(4)15-26(21-7-11-33(5)12-8-21)22-16-23(29)18-24(30)17-22;1-2/h16-21,25-26H,6-15H2,1-5H3;1-2H3. The second-order valence-electron chi connectivity index (χ2n) is 11.2. The zero-order valence-electron chi connectivity index (χ0n) is 24.2. The molecule has 5 nitrogen and oxygen atoms in total. The number of halogens is 2. The summed E-state index contributed by atoms with van der Waals surface area (Å²) in [6.07, 6.45) is 6.18. The molecule has 2 unspecified atom stereocenters. The van der Waals surface area contributed by atoms with Gasteiger partial charge in [-0.3, -0.25) is 0 Å². The molecular weight excluding hydrogens is 468 g/mol. The molecule has 2 aliphatic heterocycles. The molecule has 4 rings (SSSR count). The van der Waals surface area contributed by atoms with Gasteiger partial charge in [0.25, 0.3) is 0 Å². The van der Waals surface area contributed by atoms with Gasteiger partial charge in [-0.25, -0.2) is 8.78 Å². The number of aryl methyl sites for hydroxylation is 1. The van der Waals surface area contributed by atoms with E-state index in [4.69, 9.17) is 0 Å². The van der Waals surface area contributed by atoms with Crippen LogP contribution < -0.4 is 0 Å². The number of benzene rings is 1. The van der Waals surface area contributed by atoms with Crippen LogP contribution in [0.15, 0.2) is 18.2 Å². The van der Waals surface area contributed by atoms with E-state index in [0.29, 0.717) is 23.9 Å². The first-order chi connectivity index (χ1) is 17.8. The van der Waals surface area contributed by atoms with Crippen LogP contribution >= 0.6 is 0 Å². The number of hydrogen-bond acceptors (Lipinski definition) is 4. The summed E-state index contributed by atoms with van der Waals surface area (Å²) in [7, 11) is 2.16. The summed E-state index contributed by atoms with van der Waals surface area (Å²) in [5, 5.41) is 8.96. The first-order valence-electron chi connectivity index (χ1n) is 14.6. The number of piperidine rings is 2. The van der Waals surface area contributed by atoms with Crippen LogP contribution in [0.1, 0.15) is 109 Å². The summed E-state index contributed by atoms with van der Waals surface area (Å²) < 4.78 is 30.7. The van der Waals surface area contributed by atoms with Gasteiger partial charge in [0.15, 0.2) is 0 Å². The Morgan fingerprint density at radius 1 is 0.892 bits per heavy atom. The lowest BCUT2D eigenvalue weighted by Gasteiger charge is -2.41. The predicted octanol–water partition coefficient (Wildman–Crippen LogP) is 6.81. The van der Waals surface area contributed by atoms with Crippen LogP contribution in [-0.2, 0) is 6.42 Å². The van der Waals surface area contributed by atoms with E-state index in [1.165, 1.54) is 0 Å². The maximum atomic E-state index is 14.2. The van der Waals surface area contributed by atoms with Crippen molar-refractivity contribution in [3.63, 3.8) is 0 Å². The molecule has 2 fully saturated rings. The number of nitrogens with zero attached hydrogens (tertiary/aromatic N) is 5. The molecule has 1 aromatic heterocycles. The van der Waals surface area contributed by atoms with E-state index in [2.05, 4.69) is 59.3 Å². The maximum Gasteiger partial charge on any atom is 0.135 e. The highest BCUT2D eigenvalue weighted by molar-refractivity contribution is 5.23. The largest absolute Gasteiger partial charge is 0.312 e. The van der Waals surface area contributed by atoms with Crippen LogP contribution in [-0.4, -0.2) is 63.8 Å². The van der Waals surface area contributed by atoms with Gasteiger partial charge in [-0.1, -0.05) is 34.6 Å². The van der Waals surface area contributed by atoms with Crippen molar-refractivity contribution in [1.82, 2.24) is 24.6 Å². The van der Waals surface area contributed by atoms with Gasteiger partial charge < -0.3 is 14.4 Å². The SMILES string of the molecule is CC.CCc1nnc(C(C)C)n1C1CCN(C(C)CC(c2cc(F)cc(F)c2)C2CCN(C)CC2)CC1. The molecule has 2 aromatic rings. The minimum atomic E-state index is -0.465. The van der Waals surface area contributed by atoms with Crippen molar-refractivity contribution in [3.8, 4) is 0 Å². The Kier molecular flexibility index (Phi) is 11.1. The van der Waals surface area contributed by atoms with Crippen molar-refractivity contribution in [2.75, 3.05) is 33.2 Å². The lowest BCUT2D eigenvalue weighted by atomic mass is 9.76. The smallest absolute Gasteiger partial charge is 0.135 e. The Morgan fingerprint density at radius 2 is 1.49 bits per heavy atom. The highest BCUT2D eigenvalue weighted by atomic mass is 19.1. The Bertz CT molecular complexity index is 939. The second kappa shape index (κ2) is 13.8. The van der Waals surface area contributed by atoms with E-state index in [1.807, 2.05) is 13.8 Å². The number of hydrogen-bond donors (Lipinski definition) is 0. The van der Waals surface area contributed by atoms with Crippen molar-refractivity contribution in [2.24, 2.45) is 5.92 Å². The monoisotopic (exact) mass is 517 g/mol. The van der Waals surface area contributed by atoms with Gasteiger partial charge >= 0.3 is 0 Å². The molecule has 0 aliphatic carbocycles. The highest BCUT2D eigenvalue weighted by Gasteiger charge is 2.32. The first kappa shape index (κ1) is 29.7. The molecule has 37 heavy (non-hydrogen) atoms. The summed E-state index contributed by atoms with van der Waals surface area (Å²) in [6, 6.07) is 4.93. The van der Waals surface area contributed by atoms with Crippen molar-refractivity contribution < 1.29 is 8.78 Å². The van der Waals surface area contributed by atoms with E-state index in [9.17, 15) is 8.78 Å². The van der Waals surface area contributed by atoms with Crippen molar-refractivity contribution in [3.05, 3.63) is 47.0 Å². The maximum absolute atomic E-state index is 14.2. The van der Waals surface area contributed by atoms with E-state index in [-0.39, 0.29) is 5.92 Å². The van der Waals surface area contributed by atoms with Crippen molar-refractivity contribution in [1.29, 1.82) is 0 Å². The van der Waals surface area contributed by atoms with Crippen molar-refractivity contribution >= 4 is 0 Å². The first-order valence-corrected chi connectivity index (χ1v) is 14.6. The topological polar surface area (TPSA) is 37.2 Å². The molecule has 0 amide bonds. The van der Waals surface area contributed by atoms with Gasteiger partial charge in [0.05, 0.1) is 0 Å². The summed E-state index contributed by atoms with van der Waals surface area (Å²) in [5.74, 6) is 2.27. The van der Waals surface area contributed by atoms with E-state index in [1.54, 1.807) is 12.1 Å². The van der Waals surface area contributed by atoms with E-state index >= 15 is 0 Å². The minimum absolute atomic E-state index is 0.179. The molecule has 2 atom stereocenters. The molecule has 208 valence electrons. The van der Waals surface area contributed by atoms with Gasteiger partial charge in [0.2, 0.25) is 0 Å². The van der Waals surface area contributed by atoms with Crippen molar-refractivity contribution in [2.45, 2.75) is 104 Å². The molecule has 7 heteroatoms. The average molecular weight is 518 g/mol. The average Bonchev–Trinajstić information content (AvgIpc) is 3.33. The highest BCUT2D eigenvalue weighted by Crippen LogP contribution is 2.38. The third kappa shape index (κ3) is 7.38. The van der Waals surface area contributed by atoms with Crippen LogP contribution in [0.5, 0.6) is 0 Å². The van der Waals surface area contributed by atoms with Crippen LogP contribution in [0.25, 0.3) is 0 Å². The zero-order valence-corrected chi connectivity index (χ0v) is 24.2.